The molecule has 1 atom stereocenters. The summed E-state index contributed by atoms with van der Waals surface area (Å²) in [5.41, 5.74) is 1.27. The average molecular weight is 250 g/mol. The molecule has 1 saturated heterocycles. The van der Waals surface area contributed by atoms with Gasteiger partial charge < -0.3 is 4.74 Å². The highest BCUT2D eigenvalue weighted by molar-refractivity contribution is 7.99. The normalized spacial score (nSPS) is 25.8. The quantitative estimate of drug-likeness (QED) is 0.553. The van der Waals surface area contributed by atoms with E-state index in [2.05, 4.69) is 51.1 Å². The fraction of sp³-hybridized carbons (Fsp3) is 0.600. The maximum Gasteiger partial charge on any atom is 0.131 e. The maximum absolute atomic E-state index is 6.04. The van der Waals surface area contributed by atoms with Crippen molar-refractivity contribution in [3.05, 3.63) is 35.9 Å². The van der Waals surface area contributed by atoms with E-state index in [1.165, 1.54) is 24.2 Å². The molecule has 0 N–H and O–H groups in total. The first kappa shape index (κ1) is 13.0. The summed E-state index contributed by atoms with van der Waals surface area (Å²) in [6.45, 7) is 6.63. The number of epoxide rings is 1. The van der Waals surface area contributed by atoms with Crippen LogP contribution in [0.1, 0.15) is 39.2 Å². The van der Waals surface area contributed by atoms with Crippen molar-refractivity contribution in [2.75, 3.05) is 11.5 Å². The van der Waals surface area contributed by atoms with Gasteiger partial charge in [0.1, 0.15) is 5.60 Å². The summed E-state index contributed by atoms with van der Waals surface area (Å²) in [5, 5.41) is 0. The average Bonchev–Trinajstić information content (AvgIpc) is 2.90. The van der Waals surface area contributed by atoms with Gasteiger partial charge in [0.25, 0.3) is 0 Å². The van der Waals surface area contributed by atoms with Crippen molar-refractivity contribution in [2.24, 2.45) is 0 Å². The molecule has 0 radical (unpaired) electrons. The first-order valence-corrected chi connectivity index (χ1v) is 7.61. The van der Waals surface area contributed by atoms with E-state index in [-0.39, 0.29) is 11.2 Å². The Kier molecular flexibility index (Phi) is 3.84. The van der Waals surface area contributed by atoms with Crippen LogP contribution in [0.5, 0.6) is 0 Å². The summed E-state index contributed by atoms with van der Waals surface area (Å²) in [5.74, 6) is 2.31. The van der Waals surface area contributed by atoms with Crippen LogP contribution < -0.4 is 0 Å². The van der Waals surface area contributed by atoms with Gasteiger partial charge in [0.05, 0.1) is 5.60 Å². The Morgan fingerprint density at radius 3 is 2.35 bits per heavy atom. The second-order valence-electron chi connectivity index (χ2n) is 5.21. The zero-order valence-electron chi connectivity index (χ0n) is 11.0. The van der Waals surface area contributed by atoms with Crippen molar-refractivity contribution in [1.29, 1.82) is 0 Å². The summed E-state index contributed by atoms with van der Waals surface area (Å²) >= 11 is 2.02. The van der Waals surface area contributed by atoms with Crippen LogP contribution in [-0.2, 0) is 10.3 Å². The van der Waals surface area contributed by atoms with Gasteiger partial charge in [-0.15, -0.1) is 0 Å². The van der Waals surface area contributed by atoms with Gasteiger partial charge in [-0.2, -0.15) is 11.8 Å². The predicted octanol–water partition coefficient (Wildman–Crippen LogP) is 4.22. The number of ether oxygens (including phenoxy) is 1. The van der Waals surface area contributed by atoms with E-state index in [9.17, 15) is 0 Å². The highest BCUT2D eigenvalue weighted by Gasteiger charge is 2.64. The minimum absolute atomic E-state index is 0.00638. The fourth-order valence-electron chi connectivity index (χ4n) is 2.27. The van der Waals surface area contributed by atoms with Crippen molar-refractivity contribution in [2.45, 2.75) is 44.8 Å². The standard InChI is InChI=1S/C15H22OS/c1-4-5-11-17-12-15(14(2,3)16-15)13-9-7-6-8-10-13/h6-10H,4-5,11-12H2,1-3H3. The number of rotatable bonds is 6. The molecule has 17 heavy (non-hydrogen) atoms. The highest BCUT2D eigenvalue weighted by Crippen LogP contribution is 2.56. The number of thioether (sulfide) groups is 1. The van der Waals surface area contributed by atoms with Gasteiger partial charge >= 0.3 is 0 Å². The monoisotopic (exact) mass is 250 g/mol. The molecule has 1 aliphatic heterocycles. The third kappa shape index (κ3) is 2.53. The molecule has 1 heterocycles. The largest absolute Gasteiger partial charge is 0.357 e. The molecule has 0 aliphatic carbocycles. The van der Waals surface area contributed by atoms with Crippen LogP contribution in [0, 0.1) is 0 Å². The molecule has 0 aromatic heterocycles. The van der Waals surface area contributed by atoms with Crippen LogP contribution in [0.25, 0.3) is 0 Å². The molecule has 1 aromatic carbocycles. The van der Waals surface area contributed by atoms with Crippen molar-refractivity contribution >= 4 is 11.8 Å². The Bertz CT molecular complexity index is 360. The van der Waals surface area contributed by atoms with E-state index in [0.29, 0.717) is 0 Å². The van der Waals surface area contributed by atoms with E-state index in [1.807, 2.05) is 11.8 Å². The van der Waals surface area contributed by atoms with Crippen LogP contribution in [-0.4, -0.2) is 17.1 Å². The van der Waals surface area contributed by atoms with E-state index in [1.54, 1.807) is 0 Å². The lowest BCUT2D eigenvalue weighted by molar-refractivity contribution is 0.290. The smallest absolute Gasteiger partial charge is 0.131 e. The van der Waals surface area contributed by atoms with Gasteiger partial charge in [0, 0.05) is 5.75 Å². The molecule has 1 nitrogen and oxygen atoms in total. The van der Waals surface area contributed by atoms with Crippen LogP contribution in [0.4, 0.5) is 0 Å². The molecule has 0 amide bonds. The first-order valence-electron chi connectivity index (χ1n) is 6.46. The van der Waals surface area contributed by atoms with Crippen molar-refractivity contribution in [3.8, 4) is 0 Å². The third-order valence-corrected chi connectivity index (χ3v) is 4.74. The Morgan fingerprint density at radius 2 is 1.82 bits per heavy atom. The topological polar surface area (TPSA) is 12.5 Å². The third-order valence-electron chi connectivity index (χ3n) is 3.55. The minimum Gasteiger partial charge on any atom is -0.357 e. The Labute approximate surface area is 109 Å². The summed E-state index contributed by atoms with van der Waals surface area (Å²) < 4.78 is 6.04. The molecule has 0 spiro atoms. The Balaban J connectivity index is 2.03. The van der Waals surface area contributed by atoms with Gasteiger partial charge in [0.2, 0.25) is 0 Å². The van der Waals surface area contributed by atoms with E-state index in [0.717, 1.165) is 5.75 Å². The van der Waals surface area contributed by atoms with Crippen molar-refractivity contribution < 1.29 is 4.74 Å². The molecule has 0 bridgehead atoms. The number of hydrogen-bond acceptors (Lipinski definition) is 2. The Hall–Kier alpha value is -0.470. The first-order chi connectivity index (χ1) is 8.12. The molecule has 0 saturated carbocycles. The van der Waals surface area contributed by atoms with Crippen LogP contribution >= 0.6 is 11.8 Å². The lowest BCUT2D eigenvalue weighted by Gasteiger charge is -2.15. The molecular weight excluding hydrogens is 228 g/mol. The number of unbranched alkanes of at least 4 members (excludes halogenated alkanes) is 1. The Morgan fingerprint density at radius 1 is 1.18 bits per heavy atom. The molecule has 1 aromatic rings. The number of hydrogen-bond donors (Lipinski definition) is 0. The predicted molar refractivity (Wildman–Crippen MR) is 75.5 cm³/mol. The van der Waals surface area contributed by atoms with Gasteiger partial charge in [-0.05, 0) is 31.6 Å². The second kappa shape index (κ2) is 5.03. The zero-order valence-corrected chi connectivity index (χ0v) is 11.8. The molecule has 1 fully saturated rings. The SMILES string of the molecule is CCCCSCC1(c2ccccc2)OC1(C)C. The molecule has 2 heteroatoms. The highest BCUT2D eigenvalue weighted by atomic mass is 32.2. The molecule has 1 unspecified atom stereocenters. The van der Waals surface area contributed by atoms with Crippen LogP contribution in [0.3, 0.4) is 0 Å². The number of benzene rings is 1. The summed E-state index contributed by atoms with van der Waals surface area (Å²) in [6, 6.07) is 10.7. The van der Waals surface area contributed by atoms with Gasteiger partial charge in [0.15, 0.2) is 0 Å². The van der Waals surface area contributed by atoms with Crippen molar-refractivity contribution in [1.82, 2.24) is 0 Å². The summed E-state index contributed by atoms with van der Waals surface area (Å²) in [4.78, 5) is 0. The molecule has 2 rings (SSSR count). The summed E-state index contributed by atoms with van der Waals surface area (Å²) in [7, 11) is 0. The lowest BCUT2D eigenvalue weighted by Crippen LogP contribution is -2.21. The lowest BCUT2D eigenvalue weighted by atomic mass is 9.90. The van der Waals surface area contributed by atoms with E-state index < -0.39 is 0 Å². The van der Waals surface area contributed by atoms with Gasteiger partial charge in [-0.1, -0.05) is 43.7 Å². The van der Waals surface area contributed by atoms with Crippen LogP contribution in [0.2, 0.25) is 0 Å². The molecular formula is C15H22OS. The van der Waals surface area contributed by atoms with Crippen molar-refractivity contribution in [3.63, 3.8) is 0 Å². The minimum atomic E-state index is -0.0489. The van der Waals surface area contributed by atoms with Gasteiger partial charge in [-0.25, -0.2) is 0 Å². The molecule has 1 aliphatic rings. The molecule has 94 valence electrons. The fourth-order valence-corrected chi connectivity index (χ4v) is 3.77. The second-order valence-corrected chi connectivity index (χ2v) is 6.32. The van der Waals surface area contributed by atoms with Gasteiger partial charge in [-0.3, -0.25) is 0 Å². The van der Waals surface area contributed by atoms with E-state index >= 15 is 0 Å². The van der Waals surface area contributed by atoms with Crippen LogP contribution in [0.15, 0.2) is 30.3 Å². The zero-order chi connectivity index (χ0) is 12.4. The van der Waals surface area contributed by atoms with E-state index in [4.69, 9.17) is 4.74 Å². The maximum atomic E-state index is 6.04. The summed E-state index contributed by atoms with van der Waals surface area (Å²) in [6.07, 6.45) is 2.57.